The first-order valence-electron chi connectivity index (χ1n) is 7.64. The molecule has 1 saturated heterocycles. The number of methoxy groups -OCH3 is 1. The molecule has 0 unspecified atom stereocenters. The smallest absolute Gasteiger partial charge is 0.145 e. The van der Waals surface area contributed by atoms with E-state index in [1.807, 2.05) is 30.3 Å². The third-order valence-corrected chi connectivity index (χ3v) is 3.89. The molecule has 122 valence electrons. The number of aromatic nitrogens is 1. The Morgan fingerprint density at radius 3 is 2.83 bits per heavy atom. The van der Waals surface area contributed by atoms with Gasteiger partial charge >= 0.3 is 0 Å². The fourth-order valence-electron chi connectivity index (χ4n) is 2.67. The number of anilines is 1. The number of hydrogen-bond acceptors (Lipinski definition) is 6. The lowest BCUT2D eigenvalue weighted by molar-refractivity contribution is 0.0336. The Balaban J connectivity index is 1.89. The van der Waals surface area contributed by atoms with E-state index in [0.29, 0.717) is 11.4 Å². The van der Waals surface area contributed by atoms with Crippen LogP contribution in [0.1, 0.15) is 5.69 Å². The standard InChI is InChI=1S/C17H21N3O3/c1-22-16-6-5-15(12-20-7-9-23-10-8-20)18-17(16)13-3-2-4-14(11-13)19-21/h2-6,11,19,21H,7-10,12H2,1H3. The number of pyridine rings is 1. The van der Waals surface area contributed by atoms with Gasteiger partial charge in [0.1, 0.15) is 11.4 Å². The van der Waals surface area contributed by atoms with E-state index in [2.05, 4.69) is 10.4 Å². The minimum absolute atomic E-state index is 0.616. The molecule has 1 aromatic heterocycles. The molecular formula is C17H21N3O3. The van der Waals surface area contributed by atoms with Crippen LogP contribution in [0.25, 0.3) is 11.3 Å². The van der Waals surface area contributed by atoms with Gasteiger partial charge in [-0.25, -0.2) is 4.98 Å². The summed E-state index contributed by atoms with van der Waals surface area (Å²) in [6, 6.07) is 11.4. The highest BCUT2D eigenvalue weighted by molar-refractivity contribution is 5.70. The fourth-order valence-corrected chi connectivity index (χ4v) is 2.67. The molecule has 0 saturated carbocycles. The van der Waals surface area contributed by atoms with E-state index in [4.69, 9.17) is 19.7 Å². The van der Waals surface area contributed by atoms with Crippen molar-refractivity contribution in [3.63, 3.8) is 0 Å². The predicted octanol–water partition coefficient (Wildman–Crippen LogP) is 2.39. The first-order valence-corrected chi connectivity index (χ1v) is 7.64. The summed E-state index contributed by atoms with van der Waals surface area (Å²) < 4.78 is 10.8. The Bertz CT molecular complexity index is 657. The number of morpholine rings is 1. The van der Waals surface area contributed by atoms with Crippen molar-refractivity contribution in [3.05, 3.63) is 42.1 Å². The Hall–Kier alpha value is -2.15. The molecule has 0 radical (unpaired) electrons. The van der Waals surface area contributed by atoms with Crippen LogP contribution in [0.3, 0.4) is 0 Å². The van der Waals surface area contributed by atoms with E-state index in [-0.39, 0.29) is 0 Å². The van der Waals surface area contributed by atoms with Gasteiger partial charge in [-0.2, -0.15) is 0 Å². The normalized spacial score (nSPS) is 15.4. The summed E-state index contributed by atoms with van der Waals surface area (Å²) in [4.78, 5) is 7.09. The molecule has 0 amide bonds. The molecule has 2 N–H and O–H groups in total. The Morgan fingerprint density at radius 1 is 1.26 bits per heavy atom. The lowest BCUT2D eigenvalue weighted by Crippen LogP contribution is -2.35. The van der Waals surface area contributed by atoms with Crippen molar-refractivity contribution < 1.29 is 14.7 Å². The third-order valence-electron chi connectivity index (χ3n) is 3.89. The monoisotopic (exact) mass is 315 g/mol. The second-order valence-corrected chi connectivity index (χ2v) is 5.43. The van der Waals surface area contributed by atoms with Gasteiger partial charge in [0.25, 0.3) is 0 Å². The first kappa shape index (κ1) is 15.7. The van der Waals surface area contributed by atoms with Crippen LogP contribution in [-0.4, -0.2) is 48.5 Å². The van der Waals surface area contributed by atoms with Gasteiger partial charge < -0.3 is 9.47 Å². The van der Waals surface area contributed by atoms with Crippen LogP contribution in [0.4, 0.5) is 5.69 Å². The molecule has 1 fully saturated rings. The van der Waals surface area contributed by atoms with E-state index in [1.54, 1.807) is 13.2 Å². The van der Waals surface area contributed by atoms with Gasteiger partial charge in [0, 0.05) is 25.2 Å². The second kappa shape index (κ2) is 7.41. The molecule has 3 rings (SSSR count). The van der Waals surface area contributed by atoms with Crippen molar-refractivity contribution in [2.75, 3.05) is 38.9 Å². The Morgan fingerprint density at radius 2 is 2.09 bits per heavy atom. The predicted molar refractivity (Wildman–Crippen MR) is 87.7 cm³/mol. The molecule has 2 heterocycles. The molecule has 0 atom stereocenters. The molecule has 0 bridgehead atoms. The number of benzene rings is 1. The lowest BCUT2D eigenvalue weighted by atomic mass is 10.1. The van der Waals surface area contributed by atoms with Crippen LogP contribution in [0, 0.1) is 0 Å². The molecular weight excluding hydrogens is 294 g/mol. The minimum Gasteiger partial charge on any atom is -0.494 e. The Labute approximate surface area is 135 Å². The molecule has 0 aliphatic carbocycles. The molecule has 0 spiro atoms. The van der Waals surface area contributed by atoms with Gasteiger partial charge in [-0.3, -0.25) is 15.6 Å². The van der Waals surface area contributed by atoms with Gasteiger partial charge in [-0.1, -0.05) is 12.1 Å². The van der Waals surface area contributed by atoms with E-state index in [1.165, 1.54) is 0 Å². The zero-order valence-electron chi connectivity index (χ0n) is 13.2. The summed E-state index contributed by atoms with van der Waals surface area (Å²) in [7, 11) is 1.64. The second-order valence-electron chi connectivity index (χ2n) is 5.43. The molecule has 2 aromatic rings. The van der Waals surface area contributed by atoms with Gasteiger partial charge in [0.2, 0.25) is 0 Å². The molecule has 6 nitrogen and oxygen atoms in total. The Kier molecular flexibility index (Phi) is 5.07. The van der Waals surface area contributed by atoms with Gasteiger partial charge in [-0.05, 0) is 24.3 Å². The molecule has 1 aliphatic heterocycles. The van der Waals surface area contributed by atoms with Crippen molar-refractivity contribution in [1.82, 2.24) is 9.88 Å². The number of nitrogens with zero attached hydrogens (tertiary/aromatic N) is 2. The molecule has 1 aliphatic rings. The summed E-state index contributed by atoms with van der Waals surface area (Å²) >= 11 is 0. The van der Waals surface area contributed by atoms with Crippen LogP contribution in [0.2, 0.25) is 0 Å². The molecule has 23 heavy (non-hydrogen) atoms. The number of rotatable bonds is 5. The van der Waals surface area contributed by atoms with Crippen LogP contribution in [0.15, 0.2) is 36.4 Å². The quantitative estimate of drug-likeness (QED) is 0.826. The number of hydrogen-bond donors (Lipinski definition) is 2. The first-order chi connectivity index (χ1) is 11.3. The van der Waals surface area contributed by atoms with Crippen LogP contribution in [-0.2, 0) is 11.3 Å². The average Bonchev–Trinajstić information content (AvgIpc) is 2.62. The molecule has 6 heteroatoms. The summed E-state index contributed by atoms with van der Waals surface area (Å²) in [6.45, 7) is 4.18. The number of ether oxygens (including phenoxy) is 2. The fraction of sp³-hybridized carbons (Fsp3) is 0.353. The highest BCUT2D eigenvalue weighted by atomic mass is 16.5. The zero-order valence-corrected chi connectivity index (χ0v) is 13.2. The third kappa shape index (κ3) is 3.79. The van der Waals surface area contributed by atoms with Gasteiger partial charge in [-0.15, -0.1) is 0 Å². The number of nitrogens with one attached hydrogen (secondary N) is 1. The SMILES string of the molecule is COc1ccc(CN2CCOCC2)nc1-c1cccc(NO)c1. The van der Waals surface area contributed by atoms with Crippen LogP contribution < -0.4 is 10.2 Å². The van der Waals surface area contributed by atoms with Crippen molar-refractivity contribution >= 4 is 5.69 Å². The maximum absolute atomic E-state index is 9.09. The van der Waals surface area contributed by atoms with Crippen molar-refractivity contribution in [3.8, 4) is 17.0 Å². The topological polar surface area (TPSA) is 66.9 Å². The van der Waals surface area contributed by atoms with Gasteiger partial charge in [0.05, 0.1) is 31.7 Å². The summed E-state index contributed by atoms with van der Waals surface area (Å²) in [5.74, 6) is 0.714. The summed E-state index contributed by atoms with van der Waals surface area (Å²) in [5, 5.41) is 9.09. The van der Waals surface area contributed by atoms with Crippen molar-refractivity contribution in [2.45, 2.75) is 6.54 Å². The largest absolute Gasteiger partial charge is 0.494 e. The van der Waals surface area contributed by atoms with Crippen molar-refractivity contribution in [1.29, 1.82) is 0 Å². The van der Waals surface area contributed by atoms with Crippen molar-refractivity contribution in [2.24, 2.45) is 0 Å². The zero-order chi connectivity index (χ0) is 16.1. The van der Waals surface area contributed by atoms with E-state index in [9.17, 15) is 0 Å². The average molecular weight is 315 g/mol. The highest BCUT2D eigenvalue weighted by Crippen LogP contribution is 2.30. The van der Waals surface area contributed by atoms with E-state index < -0.39 is 0 Å². The summed E-state index contributed by atoms with van der Waals surface area (Å²) in [6.07, 6.45) is 0. The highest BCUT2D eigenvalue weighted by Gasteiger charge is 2.14. The van der Waals surface area contributed by atoms with Gasteiger partial charge in [0.15, 0.2) is 0 Å². The van der Waals surface area contributed by atoms with Crippen LogP contribution >= 0.6 is 0 Å². The van der Waals surface area contributed by atoms with Crippen LogP contribution in [0.5, 0.6) is 5.75 Å². The maximum Gasteiger partial charge on any atom is 0.145 e. The molecule has 1 aromatic carbocycles. The minimum atomic E-state index is 0.616. The van der Waals surface area contributed by atoms with E-state index in [0.717, 1.165) is 49.8 Å². The lowest BCUT2D eigenvalue weighted by Gasteiger charge is -2.26. The maximum atomic E-state index is 9.09. The summed E-state index contributed by atoms with van der Waals surface area (Å²) in [5.41, 5.74) is 5.44. The van der Waals surface area contributed by atoms with E-state index >= 15 is 0 Å².